The lowest BCUT2D eigenvalue weighted by molar-refractivity contribution is 0.541. The third-order valence-electron chi connectivity index (χ3n) is 0.809. The molecule has 0 aliphatic carbocycles. The molecule has 0 atom stereocenters. The number of aromatic nitrogens is 2. The van der Waals surface area contributed by atoms with Gasteiger partial charge in [0.05, 0.1) is 0 Å². The Bertz CT molecular complexity index is 242. The van der Waals surface area contributed by atoms with Crippen LogP contribution in [-0.4, -0.2) is 9.97 Å². The van der Waals surface area contributed by atoms with Gasteiger partial charge < -0.3 is 5.73 Å². The molecule has 0 saturated heterocycles. The van der Waals surface area contributed by atoms with Crippen molar-refractivity contribution < 1.29 is 4.39 Å². The van der Waals surface area contributed by atoms with Gasteiger partial charge in [0.15, 0.2) is 5.15 Å². The number of hydrogen-bond acceptors (Lipinski definition) is 3. The minimum absolute atomic E-state index is 0.0249. The predicted molar refractivity (Wildman–Crippen MR) is 36.4 cm³/mol. The second-order valence-electron chi connectivity index (χ2n) is 1.48. The number of nitrogen functional groups attached to an aromatic ring is 1. The molecule has 54 valence electrons. The summed E-state index contributed by atoms with van der Waals surface area (Å²) >= 11 is 10.7. The van der Waals surface area contributed by atoms with Crippen molar-refractivity contribution in [3.05, 3.63) is 16.3 Å². The van der Waals surface area contributed by atoms with Crippen molar-refractivity contribution in [3.63, 3.8) is 0 Å². The molecule has 3 nitrogen and oxygen atoms in total. The zero-order valence-corrected chi connectivity index (χ0v) is 6.12. The molecular weight excluding hydrogens is 180 g/mol. The number of hydrogen-bond donors (Lipinski definition) is 1. The molecule has 0 fully saturated rings. The summed E-state index contributed by atoms with van der Waals surface area (Å²) < 4.78 is 12.2. The van der Waals surface area contributed by atoms with E-state index in [1.807, 2.05) is 0 Å². The van der Waals surface area contributed by atoms with Crippen LogP contribution in [0.5, 0.6) is 0 Å². The first kappa shape index (κ1) is 7.50. The molecule has 0 saturated carbocycles. The summed E-state index contributed by atoms with van der Waals surface area (Å²) in [5.41, 5.74) is 5.11. The maximum absolute atomic E-state index is 12.2. The van der Waals surface area contributed by atoms with Crippen molar-refractivity contribution in [1.29, 1.82) is 0 Å². The van der Waals surface area contributed by atoms with Gasteiger partial charge in [-0.15, -0.1) is 0 Å². The molecule has 10 heavy (non-hydrogen) atoms. The third kappa shape index (κ3) is 1.27. The fraction of sp³-hybridized carbons (Fsp3) is 0. The zero-order valence-electron chi connectivity index (χ0n) is 4.61. The Morgan fingerprint density at radius 3 is 2.40 bits per heavy atom. The molecule has 0 radical (unpaired) electrons. The summed E-state index contributed by atoms with van der Waals surface area (Å²) in [5.74, 6) is -0.154. The summed E-state index contributed by atoms with van der Waals surface area (Å²) in [7, 11) is 0. The standard InChI is InChI=1S/C4H2Cl2FN3/c5-1-2(6)9-4(7)10-3(1)8/h(H2,8,9,10). The minimum atomic E-state index is -0.980. The number of nitrogens with zero attached hydrogens (tertiary/aromatic N) is 2. The smallest absolute Gasteiger partial charge is 0.312 e. The fourth-order valence-corrected chi connectivity index (χ4v) is 0.660. The van der Waals surface area contributed by atoms with E-state index in [2.05, 4.69) is 9.97 Å². The van der Waals surface area contributed by atoms with E-state index >= 15 is 0 Å². The SMILES string of the molecule is Nc1nc(F)nc(Cl)c1Cl. The van der Waals surface area contributed by atoms with E-state index < -0.39 is 6.08 Å². The summed E-state index contributed by atoms with van der Waals surface area (Å²) in [6.45, 7) is 0. The first-order valence-electron chi connectivity index (χ1n) is 2.25. The molecule has 2 N–H and O–H groups in total. The Labute approximate surface area is 66.0 Å². The largest absolute Gasteiger partial charge is 0.382 e. The van der Waals surface area contributed by atoms with Crippen molar-refractivity contribution >= 4 is 29.0 Å². The first-order chi connectivity index (χ1) is 4.61. The summed E-state index contributed by atoms with van der Waals surface area (Å²) in [6.07, 6.45) is -0.980. The Hall–Kier alpha value is -0.610. The Morgan fingerprint density at radius 1 is 1.30 bits per heavy atom. The van der Waals surface area contributed by atoms with E-state index in [0.29, 0.717) is 0 Å². The lowest BCUT2D eigenvalue weighted by Crippen LogP contribution is -1.97. The highest BCUT2D eigenvalue weighted by atomic mass is 35.5. The lowest BCUT2D eigenvalue weighted by atomic mass is 10.6. The van der Waals surface area contributed by atoms with Crippen molar-refractivity contribution in [3.8, 4) is 0 Å². The van der Waals surface area contributed by atoms with E-state index in [4.69, 9.17) is 28.9 Å². The van der Waals surface area contributed by atoms with Crippen LogP contribution in [0.3, 0.4) is 0 Å². The molecule has 0 aromatic carbocycles. The molecule has 0 aliphatic rings. The van der Waals surface area contributed by atoms with Gasteiger partial charge in [-0.05, 0) is 0 Å². The number of rotatable bonds is 0. The Morgan fingerprint density at radius 2 is 1.90 bits per heavy atom. The zero-order chi connectivity index (χ0) is 7.72. The van der Waals surface area contributed by atoms with E-state index in [1.165, 1.54) is 0 Å². The number of halogens is 3. The molecule has 1 aromatic heterocycles. The van der Waals surface area contributed by atoms with Crippen LogP contribution in [0.1, 0.15) is 0 Å². The fourth-order valence-electron chi connectivity index (χ4n) is 0.409. The first-order valence-corrected chi connectivity index (χ1v) is 3.01. The van der Waals surface area contributed by atoms with Crippen molar-refractivity contribution in [2.24, 2.45) is 0 Å². The quantitative estimate of drug-likeness (QED) is 0.488. The van der Waals surface area contributed by atoms with Gasteiger partial charge in [0.25, 0.3) is 0 Å². The van der Waals surface area contributed by atoms with Crippen molar-refractivity contribution in [2.75, 3.05) is 5.73 Å². The van der Waals surface area contributed by atoms with Gasteiger partial charge in [-0.3, -0.25) is 0 Å². The van der Waals surface area contributed by atoms with Crippen LogP contribution >= 0.6 is 23.2 Å². The summed E-state index contributed by atoms with van der Waals surface area (Å²) in [4.78, 5) is 6.23. The lowest BCUT2D eigenvalue weighted by Gasteiger charge is -1.96. The van der Waals surface area contributed by atoms with E-state index in [0.717, 1.165) is 0 Å². The molecule has 0 bridgehead atoms. The van der Waals surface area contributed by atoms with Gasteiger partial charge >= 0.3 is 6.08 Å². The van der Waals surface area contributed by atoms with Gasteiger partial charge in [-0.1, -0.05) is 23.2 Å². The van der Waals surface area contributed by atoms with Gasteiger partial charge in [0.2, 0.25) is 0 Å². The van der Waals surface area contributed by atoms with Crippen LogP contribution in [0.4, 0.5) is 10.2 Å². The van der Waals surface area contributed by atoms with Gasteiger partial charge in [0, 0.05) is 0 Å². The monoisotopic (exact) mass is 181 g/mol. The van der Waals surface area contributed by atoms with Crippen LogP contribution in [0.25, 0.3) is 0 Å². The molecule has 1 aromatic rings. The summed E-state index contributed by atoms with van der Waals surface area (Å²) in [6, 6.07) is 0. The second-order valence-corrected chi connectivity index (χ2v) is 2.22. The van der Waals surface area contributed by atoms with Crippen LogP contribution < -0.4 is 5.73 Å². The van der Waals surface area contributed by atoms with Gasteiger partial charge in [-0.25, -0.2) is 0 Å². The van der Waals surface area contributed by atoms with Crippen LogP contribution in [0.15, 0.2) is 0 Å². The van der Waals surface area contributed by atoms with E-state index in [-0.39, 0.29) is 16.0 Å². The molecular formula is C4H2Cl2FN3. The third-order valence-corrected chi connectivity index (χ3v) is 1.55. The average Bonchev–Trinajstić information content (AvgIpc) is 1.82. The van der Waals surface area contributed by atoms with Crippen molar-refractivity contribution in [2.45, 2.75) is 0 Å². The van der Waals surface area contributed by atoms with Gasteiger partial charge in [-0.2, -0.15) is 14.4 Å². The van der Waals surface area contributed by atoms with E-state index in [9.17, 15) is 4.39 Å². The van der Waals surface area contributed by atoms with E-state index in [1.54, 1.807) is 0 Å². The number of nitrogens with two attached hydrogens (primary N) is 1. The minimum Gasteiger partial charge on any atom is -0.382 e. The number of anilines is 1. The van der Waals surface area contributed by atoms with Crippen LogP contribution in [-0.2, 0) is 0 Å². The highest BCUT2D eigenvalue weighted by molar-refractivity contribution is 6.42. The maximum Gasteiger partial charge on any atom is 0.312 e. The highest BCUT2D eigenvalue weighted by Crippen LogP contribution is 2.23. The molecule has 6 heteroatoms. The molecule has 0 aliphatic heterocycles. The molecule has 1 rings (SSSR count). The van der Waals surface area contributed by atoms with Crippen molar-refractivity contribution in [1.82, 2.24) is 9.97 Å². The Kier molecular flexibility index (Phi) is 1.92. The molecule has 0 unspecified atom stereocenters. The molecule has 1 heterocycles. The predicted octanol–water partition coefficient (Wildman–Crippen LogP) is 1.50. The van der Waals surface area contributed by atoms with Crippen LogP contribution in [0, 0.1) is 6.08 Å². The van der Waals surface area contributed by atoms with Crippen LogP contribution in [0.2, 0.25) is 10.2 Å². The summed E-state index contributed by atoms with van der Waals surface area (Å²) in [5, 5.41) is -0.199. The Balaban J connectivity index is 3.31. The topological polar surface area (TPSA) is 51.8 Å². The molecule has 0 amide bonds. The molecule has 0 spiro atoms. The average molecular weight is 182 g/mol. The van der Waals surface area contributed by atoms with Gasteiger partial charge in [0.1, 0.15) is 10.8 Å². The normalized spacial score (nSPS) is 9.90. The highest BCUT2D eigenvalue weighted by Gasteiger charge is 2.06. The second kappa shape index (κ2) is 2.56. The maximum atomic E-state index is 12.2.